The van der Waals surface area contributed by atoms with E-state index < -0.39 is 0 Å². The number of aldehydes is 1. The summed E-state index contributed by atoms with van der Waals surface area (Å²) in [5.74, 6) is 0. The quantitative estimate of drug-likeness (QED) is 0.711. The number of rotatable bonds is 2. The molecule has 0 atom stereocenters. The topological polar surface area (TPSA) is 46.9 Å². The third-order valence-corrected chi connectivity index (χ3v) is 2.76. The van der Waals surface area contributed by atoms with E-state index in [0.717, 1.165) is 37.9 Å². The largest absolute Gasteiger partial charge is 0.317 e. The second-order valence-electron chi connectivity index (χ2n) is 3.75. The molecule has 1 saturated heterocycles. The van der Waals surface area contributed by atoms with Gasteiger partial charge in [0.15, 0.2) is 6.29 Å². The van der Waals surface area contributed by atoms with E-state index >= 15 is 0 Å². The summed E-state index contributed by atoms with van der Waals surface area (Å²) in [6.45, 7) is 3.96. The second-order valence-corrected chi connectivity index (χ2v) is 3.75. The van der Waals surface area contributed by atoms with Gasteiger partial charge in [-0.3, -0.25) is 9.48 Å². The maximum atomic E-state index is 10.7. The average Bonchev–Trinajstić information content (AvgIpc) is 2.61. The fourth-order valence-electron chi connectivity index (χ4n) is 1.87. The highest BCUT2D eigenvalue weighted by Crippen LogP contribution is 2.18. The summed E-state index contributed by atoms with van der Waals surface area (Å²) in [7, 11) is 0. The van der Waals surface area contributed by atoms with Gasteiger partial charge in [0, 0.05) is 6.20 Å². The number of aryl methyl sites for hydroxylation is 1. The Morgan fingerprint density at radius 1 is 1.57 bits per heavy atom. The lowest BCUT2D eigenvalue weighted by Gasteiger charge is -2.22. The molecular formula is C10H15N3O. The van der Waals surface area contributed by atoms with Crippen molar-refractivity contribution in [3.05, 3.63) is 17.5 Å². The van der Waals surface area contributed by atoms with Gasteiger partial charge in [-0.2, -0.15) is 5.10 Å². The molecule has 0 amide bonds. The van der Waals surface area contributed by atoms with Crippen LogP contribution >= 0.6 is 0 Å². The standard InChI is InChI=1S/C10H15N3O/c1-8-9(7-14)6-13(12-8)10-2-4-11-5-3-10/h6-7,10-11H,2-5H2,1H3. The van der Waals surface area contributed by atoms with E-state index in [1.165, 1.54) is 0 Å². The molecule has 0 bridgehead atoms. The molecule has 0 unspecified atom stereocenters. The van der Waals surface area contributed by atoms with Crippen molar-refractivity contribution in [1.29, 1.82) is 0 Å². The minimum atomic E-state index is 0.462. The van der Waals surface area contributed by atoms with Crippen molar-refractivity contribution >= 4 is 6.29 Å². The second kappa shape index (κ2) is 3.92. The van der Waals surface area contributed by atoms with Gasteiger partial charge in [-0.05, 0) is 32.9 Å². The Bertz CT molecular complexity index is 326. The van der Waals surface area contributed by atoms with E-state index in [1.807, 2.05) is 17.8 Å². The molecule has 0 aliphatic carbocycles. The van der Waals surface area contributed by atoms with E-state index in [2.05, 4.69) is 10.4 Å². The van der Waals surface area contributed by atoms with Crippen LogP contribution in [-0.2, 0) is 0 Å². The number of carbonyl (C=O) groups is 1. The fraction of sp³-hybridized carbons (Fsp3) is 0.600. The third-order valence-electron chi connectivity index (χ3n) is 2.76. The molecule has 0 saturated carbocycles. The van der Waals surface area contributed by atoms with Gasteiger partial charge in [0.05, 0.1) is 17.3 Å². The number of nitrogens with one attached hydrogen (secondary N) is 1. The fourth-order valence-corrected chi connectivity index (χ4v) is 1.87. The van der Waals surface area contributed by atoms with E-state index in [0.29, 0.717) is 11.6 Å². The number of nitrogens with zero attached hydrogens (tertiary/aromatic N) is 2. The summed E-state index contributed by atoms with van der Waals surface area (Å²) in [4.78, 5) is 10.7. The van der Waals surface area contributed by atoms with E-state index in [4.69, 9.17) is 0 Å². The Balaban J connectivity index is 2.18. The minimum Gasteiger partial charge on any atom is -0.317 e. The number of hydrogen-bond donors (Lipinski definition) is 1. The van der Waals surface area contributed by atoms with Gasteiger partial charge in [0.1, 0.15) is 0 Å². The van der Waals surface area contributed by atoms with Crippen molar-refractivity contribution < 1.29 is 4.79 Å². The molecule has 1 aromatic heterocycles. The zero-order valence-corrected chi connectivity index (χ0v) is 8.36. The van der Waals surface area contributed by atoms with Gasteiger partial charge >= 0.3 is 0 Å². The molecule has 0 radical (unpaired) electrons. The first kappa shape index (κ1) is 9.40. The highest BCUT2D eigenvalue weighted by Gasteiger charge is 2.16. The first-order chi connectivity index (χ1) is 6.81. The maximum Gasteiger partial charge on any atom is 0.153 e. The van der Waals surface area contributed by atoms with Crippen molar-refractivity contribution in [2.75, 3.05) is 13.1 Å². The van der Waals surface area contributed by atoms with Gasteiger partial charge in [-0.1, -0.05) is 0 Å². The van der Waals surface area contributed by atoms with Crippen LogP contribution in [0.2, 0.25) is 0 Å². The zero-order valence-electron chi connectivity index (χ0n) is 8.36. The minimum absolute atomic E-state index is 0.462. The Hall–Kier alpha value is -1.16. The highest BCUT2D eigenvalue weighted by atomic mass is 16.1. The molecule has 4 nitrogen and oxygen atoms in total. The smallest absolute Gasteiger partial charge is 0.153 e. The van der Waals surface area contributed by atoms with E-state index in [-0.39, 0.29) is 0 Å². The summed E-state index contributed by atoms with van der Waals surface area (Å²) < 4.78 is 1.94. The number of carbonyl (C=O) groups excluding carboxylic acids is 1. The van der Waals surface area contributed by atoms with Crippen LogP contribution in [0.4, 0.5) is 0 Å². The van der Waals surface area contributed by atoms with E-state index in [1.54, 1.807) is 0 Å². The predicted octanol–water partition coefficient (Wildman–Crippen LogP) is 0.929. The highest BCUT2D eigenvalue weighted by molar-refractivity contribution is 5.75. The molecule has 2 heterocycles. The summed E-state index contributed by atoms with van der Waals surface area (Å²) in [5.41, 5.74) is 1.54. The summed E-state index contributed by atoms with van der Waals surface area (Å²) in [6.07, 6.45) is 4.93. The summed E-state index contributed by atoms with van der Waals surface area (Å²) >= 11 is 0. The van der Waals surface area contributed by atoms with Crippen LogP contribution in [-0.4, -0.2) is 29.2 Å². The lowest BCUT2D eigenvalue weighted by molar-refractivity contribution is 0.112. The zero-order chi connectivity index (χ0) is 9.97. The molecule has 1 fully saturated rings. The average molecular weight is 193 g/mol. The monoisotopic (exact) mass is 193 g/mol. The van der Waals surface area contributed by atoms with Gasteiger partial charge in [0.2, 0.25) is 0 Å². The van der Waals surface area contributed by atoms with Crippen LogP contribution in [0.15, 0.2) is 6.20 Å². The Morgan fingerprint density at radius 3 is 2.86 bits per heavy atom. The van der Waals surface area contributed by atoms with Crippen molar-refractivity contribution in [2.24, 2.45) is 0 Å². The third kappa shape index (κ3) is 1.70. The molecular weight excluding hydrogens is 178 g/mol. The number of aromatic nitrogens is 2. The summed E-state index contributed by atoms with van der Waals surface area (Å²) in [6, 6.07) is 0.462. The predicted molar refractivity (Wildman–Crippen MR) is 53.5 cm³/mol. The van der Waals surface area contributed by atoms with Crippen molar-refractivity contribution in [1.82, 2.24) is 15.1 Å². The van der Waals surface area contributed by atoms with Gasteiger partial charge in [0.25, 0.3) is 0 Å². The lowest BCUT2D eigenvalue weighted by atomic mass is 10.1. The van der Waals surface area contributed by atoms with Crippen molar-refractivity contribution in [2.45, 2.75) is 25.8 Å². The molecule has 14 heavy (non-hydrogen) atoms. The number of piperidine rings is 1. The van der Waals surface area contributed by atoms with Crippen LogP contribution in [0, 0.1) is 6.92 Å². The molecule has 1 N–H and O–H groups in total. The maximum absolute atomic E-state index is 10.7. The first-order valence-corrected chi connectivity index (χ1v) is 5.03. The molecule has 2 rings (SSSR count). The molecule has 76 valence electrons. The summed E-state index contributed by atoms with van der Waals surface area (Å²) in [5, 5.41) is 7.67. The molecule has 1 aromatic rings. The van der Waals surface area contributed by atoms with Gasteiger partial charge < -0.3 is 5.32 Å². The van der Waals surface area contributed by atoms with E-state index in [9.17, 15) is 4.79 Å². The molecule has 1 aliphatic heterocycles. The van der Waals surface area contributed by atoms with Crippen molar-refractivity contribution in [3.8, 4) is 0 Å². The van der Waals surface area contributed by atoms with Crippen molar-refractivity contribution in [3.63, 3.8) is 0 Å². The molecule has 1 aliphatic rings. The Labute approximate surface area is 83.3 Å². The van der Waals surface area contributed by atoms with Crippen LogP contribution in [0.25, 0.3) is 0 Å². The number of hydrogen-bond acceptors (Lipinski definition) is 3. The van der Waals surface area contributed by atoms with Crippen LogP contribution in [0.5, 0.6) is 0 Å². The molecule has 0 spiro atoms. The first-order valence-electron chi connectivity index (χ1n) is 5.03. The Morgan fingerprint density at radius 2 is 2.29 bits per heavy atom. The normalized spacial score (nSPS) is 18.4. The molecule has 0 aromatic carbocycles. The molecule has 4 heteroatoms. The van der Waals surface area contributed by atoms with Crippen LogP contribution in [0.3, 0.4) is 0 Å². The van der Waals surface area contributed by atoms with Gasteiger partial charge in [-0.25, -0.2) is 0 Å². The lowest BCUT2D eigenvalue weighted by Crippen LogP contribution is -2.29. The van der Waals surface area contributed by atoms with Gasteiger partial charge in [-0.15, -0.1) is 0 Å². The SMILES string of the molecule is Cc1nn(C2CCNCC2)cc1C=O. The van der Waals surface area contributed by atoms with Crippen LogP contribution in [0.1, 0.15) is 34.9 Å². The van der Waals surface area contributed by atoms with Crippen LogP contribution < -0.4 is 5.32 Å². The Kier molecular flexibility index (Phi) is 2.63.